The van der Waals surface area contributed by atoms with Gasteiger partial charge in [-0.1, -0.05) is 6.92 Å². The Hall–Kier alpha value is -0.360. The number of hydrogen-bond donors (Lipinski definition) is 1. The lowest BCUT2D eigenvalue weighted by Gasteiger charge is -2.33. The average molecular weight is 289 g/mol. The molecule has 2 aliphatic heterocycles. The van der Waals surface area contributed by atoms with E-state index in [0.717, 1.165) is 25.0 Å². The molecule has 0 bridgehead atoms. The number of carboxylic acid groups (broad SMARTS) is 1. The summed E-state index contributed by atoms with van der Waals surface area (Å²) in [5, 5.41) is 9.28. The van der Waals surface area contributed by atoms with E-state index in [2.05, 4.69) is 0 Å². The highest BCUT2D eigenvalue weighted by molar-refractivity contribution is 8.01. The van der Waals surface area contributed by atoms with Crippen LogP contribution in [-0.2, 0) is 9.59 Å². The lowest BCUT2D eigenvalue weighted by molar-refractivity contribution is -0.150. The highest BCUT2D eigenvalue weighted by Gasteiger charge is 2.48. The van der Waals surface area contributed by atoms with Crippen LogP contribution in [0.2, 0.25) is 0 Å². The maximum atomic E-state index is 12.7. The molecule has 0 spiro atoms. The number of nitrogens with zero attached hydrogens (tertiary/aromatic N) is 1. The van der Waals surface area contributed by atoms with Gasteiger partial charge < -0.3 is 10.0 Å². The van der Waals surface area contributed by atoms with Crippen molar-refractivity contribution in [3.05, 3.63) is 0 Å². The van der Waals surface area contributed by atoms with Crippen molar-refractivity contribution in [3.63, 3.8) is 0 Å². The van der Waals surface area contributed by atoms with Crippen LogP contribution in [0.15, 0.2) is 0 Å². The lowest BCUT2D eigenvalue weighted by Crippen LogP contribution is -2.52. The highest BCUT2D eigenvalue weighted by atomic mass is 32.2. The molecule has 3 atom stereocenters. The number of carbonyl (C=O) groups is 2. The Balaban J connectivity index is 2.21. The van der Waals surface area contributed by atoms with Crippen LogP contribution < -0.4 is 0 Å². The number of thioether (sulfide) groups is 2. The summed E-state index contributed by atoms with van der Waals surface area (Å²) in [5.74, 6) is 0.658. The number of amides is 1. The van der Waals surface area contributed by atoms with Gasteiger partial charge in [0, 0.05) is 5.75 Å². The smallest absolute Gasteiger partial charge is 0.327 e. The summed E-state index contributed by atoms with van der Waals surface area (Å²) < 4.78 is -0.411. The summed E-state index contributed by atoms with van der Waals surface area (Å²) >= 11 is 3.26. The second-order valence-corrected chi connectivity index (χ2v) is 7.75. The van der Waals surface area contributed by atoms with Crippen LogP contribution in [0.25, 0.3) is 0 Å². The first kappa shape index (κ1) is 14.1. The predicted molar refractivity (Wildman–Crippen MR) is 74.9 cm³/mol. The molecule has 3 unspecified atom stereocenters. The van der Waals surface area contributed by atoms with Crippen molar-refractivity contribution in [2.24, 2.45) is 0 Å². The van der Waals surface area contributed by atoms with Gasteiger partial charge in [0.1, 0.15) is 6.04 Å². The quantitative estimate of drug-likeness (QED) is 0.861. The van der Waals surface area contributed by atoms with Crippen LogP contribution in [0, 0.1) is 0 Å². The lowest BCUT2D eigenvalue weighted by atomic mass is 10.0. The first-order chi connectivity index (χ1) is 8.49. The van der Waals surface area contributed by atoms with Crippen molar-refractivity contribution in [2.45, 2.75) is 49.3 Å². The van der Waals surface area contributed by atoms with Gasteiger partial charge in [-0.05, 0) is 31.9 Å². The first-order valence-corrected chi connectivity index (χ1v) is 8.34. The number of carbonyl (C=O) groups excluding carboxylic acids is 1. The van der Waals surface area contributed by atoms with Crippen LogP contribution in [-0.4, -0.2) is 49.6 Å². The van der Waals surface area contributed by atoms with E-state index < -0.39 is 16.8 Å². The molecule has 0 radical (unpaired) electrons. The summed E-state index contributed by atoms with van der Waals surface area (Å²) in [7, 11) is 0. The SMILES string of the molecule is CCC1SCC(C(=O)O)N1C(=O)C1(C)CCCS1. The molecule has 4 nitrogen and oxygen atoms in total. The molecule has 18 heavy (non-hydrogen) atoms. The van der Waals surface area contributed by atoms with Crippen molar-refractivity contribution >= 4 is 35.4 Å². The molecular weight excluding hydrogens is 270 g/mol. The molecule has 2 heterocycles. The average Bonchev–Trinajstić information content (AvgIpc) is 2.94. The summed E-state index contributed by atoms with van der Waals surface area (Å²) in [6.07, 6.45) is 2.71. The Bertz CT molecular complexity index is 355. The van der Waals surface area contributed by atoms with Crippen molar-refractivity contribution < 1.29 is 14.7 Å². The zero-order chi connectivity index (χ0) is 13.3. The summed E-state index contributed by atoms with van der Waals surface area (Å²) in [4.78, 5) is 25.6. The van der Waals surface area contributed by atoms with Crippen LogP contribution in [0.4, 0.5) is 0 Å². The van der Waals surface area contributed by atoms with E-state index >= 15 is 0 Å². The molecule has 2 rings (SSSR count). The second kappa shape index (κ2) is 5.33. The number of rotatable bonds is 3. The fraction of sp³-hybridized carbons (Fsp3) is 0.833. The number of hydrogen-bond acceptors (Lipinski definition) is 4. The topological polar surface area (TPSA) is 57.6 Å². The molecule has 102 valence electrons. The van der Waals surface area contributed by atoms with Gasteiger partial charge in [-0.3, -0.25) is 4.79 Å². The summed E-state index contributed by atoms with van der Waals surface area (Å²) in [6.45, 7) is 3.97. The Morgan fingerprint density at radius 2 is 2.22 bits per heavy atom. The first-order valence-electron chi connectivity index (χ1n) is 6.30. The molecule has 0 saturated carbocycles. The minimum Gasteiger partial charge on any atom is -0.480 e. The summed E-state index contributed by atoms with van der Waals surface area (Å²) in [5.41, 5.74) is 0. The van der Waals surface area contributed by atoms with Crippen molar-refractivity contribution in [1.82, 2.24) is 4.90 Å². The van der Waals surface area contributed by atoms with Gasteiger partial charge in [0.15, 0.2) is 0 Å². The molecule has 6 heteroatoms. The largest absolute Gasteiger partial charge is 0.480 e. The zero-order valence-electron chi connectivity index (χ0n) is 10.7. The van der Waals surface area contributed by atoms with Crippen LogP contribution >= 0.6 is 23.5 Å². The number of carboxylic acids is 1. The Labute approximate surface area is 116 Å². The van der Waals surface area contributed by atoms with E-state index in [1.165, 1.54) is 0 Å². The van der Waals surface area contributed by atoms with Gasteiger partial charge in [0.05, 0.1) is 10.1 Å². The van der Waals surface area contributed by atoms with Crippen molar-refractivity contribution in [2.75, 3.05) is 11.5 Å². The summed E-state index contributed by atoms with van der Waals surface area (Å²) in [6, 6.07) is -0.648. The molecule has 2 aliphatic rings. The van der Waals surface area contributed by atoms with Gasteiger partial charge in [0.2, 0.25) is 5.91 Å². The third kappa shape index (κ3) is 2.37. The Morgan fingerprint density at radius 1 is 1.50 bits per heavy atom. The van der Waals surface area contributed by atoms with E-state index in [4.69, 9.17) is 0 Å². The van der Waals surface area contributed by atoms with Gasteiger partial charge in [-0.2, -0.15) is 0 Å². The second-order valence-electron chi connectivity index (χ2n) is 4.95. The molecule has 0 aromatic heterocycles. The zero-order valence-corrected chi connectivity index (χ0v) is 12.4. The van der Waals surface area contributed by atoms with Crippen molar-refractivity contribution in [1.29, 1.82) is 0 Å². The maximum absolute atomic E-state index is 12.7. The van der Waals surface area contributed by atoms with E-state index in [1.807, 2.05) is 13.8 Å². The molecule has 2 fully saturated rings. The fourth-order valence-electron chi connectivity index (χ4n) is 2.56. The van der Waals surface area contributed by atoms with Crippen LogP contribution in [0.5, 0.6) is 0 Å². The van der Waals surface area contributed by atoms with E-state index in [-0.39, 0.29) is 11.3 Å². The monoisotopic (exact) mass is 289 g/mol. The molecule has 0 aromatic rings. The van der Waals surface area contributed by atoms with E-state index in [9.17, 15) is 14.7 Å². The molecule has 1 N–H and O–H groups in total. The van der Waals surface area contributed by atoms with Gasteiger partial charge in [-0.15, -0.1) is 23.5 Å². The van der Waals surface area contributed by atoms with Gasteiger partial charge >= 0.3 is 5.97 Å². The van der Waals surface area contributed by atoms with Crippen LogP contribution in [0.3, 0.4) is 0 Å². The minimum absolute atomic E-state index is 0.0225. The molecule has 2 saturated heterocycles. The predicted octanol–water partition coefficient (Wildman–Crippen LogP) is 2.04. The fourth-order valence-corrected chi connectivity index (χ4v) is 5.16. The van der Waals surface area contributed by atoms with E-state index in [1.54, 1.807) is 28.4 Å². The highest BCUT2D eigenvalue weighted by Crippen LogP contribution is 2.42. The minimum atomic E-state index is -0.876. The third-order valence-electron chi connectivity index (χ3n) is 3.63. The van der Waals surface area contributed by atoms with Gasteiger partial charge in [0.25, 0.3) is 0 Å². The van der Waals surface area contributed by atoms with Crippen molar-refractivity contribution in [3.8, 4) is 0 Å². The standard InChI is InChI=1S/C12H19NO3S2/c1-3-9-13(8(7-17-9)10(14)15)11(16)12(2)5-4-6-18-12/h8-9H,3-7H2,1-2H3,(H,14,15). The normalized spacial score (nSPS) is 36.0. The maximum Gasteiger partial charge on any atom is 0.327 e. The Morgan fingerprint density at radius 3 is 2.72 bits per heavy atom. The Kier molecular flexibility index (Phi) is 4.16. The molecule has 0 aliphatic carbocycles. The number of aliphatic carboxylic acids is 1. The third-order valence-corrected chi connectivity index (χ3v) is 6.59. The molecule has 0 aromatic carbocycles. The van der Waals surface area contributed by atoms with Crippen LogP contribution in [0.1, 0.15) is 33.1 Å². The molecular formula is C12H19NO3S2. The molecule has 1 amide bonds. The van der Waals surface area contributed by atoms with E-state index in [0.29, 0.717) is 5.75 Å². The van der Waals surface area contributed by atoms with Gasteiger partial charge in [-0.25, -0.2) is 4.79 Å².